The predicted octanol–water partition coefficient (Wildman–Crippen LogP) is 3.41. The van der Waals surface area contributed by atoms with E-state index in [4.69, 9.17) is 14.2 Å². The second-order valence-electron chi connectivity index (χ2n) is 6.34. The molecule has 0 spiro atoms. The first kappa shape index (κ1) is 15.3. The van der Waals surface area contributed by atoms with Crippen LogP contribution in [0.1, 0.15) is 53.4 Å². The first-order valence-corrected chi connectivity index (χ1v) is 7.97. The third-order valence-electron chi connectivity index (χ3n) is 5.44. The smallest absolute Gasteiger partial charge is 0.0673 e. The molecule has 0 aromatic heterocycles. The first-order chi connectivity index (χ1) is 9.16. The summed E-state index contributed by atoms with van der Waals surface area (Å²) in [5.74, 6) is 0. The number of hydrogen-bond acceptors (Lipinski definition) is 3. The van der Waals surface area contributed by atoms with E-state index < -0.39 is 0 Å². The van der Waals surface area contributed by atoms with Crippen LogP contribution >= 0.6 is 0 Å². The van der Waals surface area contributed by atoms with Crippen molar-refractivity contribution >= 4 is 0 Å². The van der Waals surface area contributed by atoms with Crippen molar-refractivity contribution in [3.63, 3.8) is 0 Å². The highest BCUT2D eigenvalue weighted by atomic mass is 16.5. The number of rotatable bonds is 8. The van der Waals surface area contributed by atoms with Gasteiger partial charge in [-0.05, 0) is 25.7 Å². The summed E-state index contributed by atoms with van der Waals surface area (Å²) in [7, 11) is 0. The minimum atomic E-state index is 0.274. The highest BCUT2D eigenvalue weighted by Gasteiger charge is 2.49. The van der Waals surface area contributed by atoms with Gasteiger partial charge in [-0.1, -0.05) is 27.7 Å². The molecule has 112 valence electrons. The van der Waals surface area contributed by atoms with E-state index in [9.17, 15) is 0 Å². The van der Waals surface area contributed by atoms with Crippen molar-refractivity contribution in [2.45, 2.75) is 65.6 Å². The molecule has 0 aromatic carbocycles. The molecule has 0 bridgehead atoms. The van der Waals surface area contributed by atoms with E-state index >= 15 is 0 Å². The van der Waals surface area contributed by atoms with Gasteiger partial charge in [0.1, 0.15) is 0 Å². The average molecular weight is 270 g/mol. The molecule has 2 saturated heterocycles. The summed E-state index contributed by atoms with van der Waals surface area (Å²) in [6.45, 7) is 12.4. The molecule has 4 atom stereocenters. The highest BCUT2D eigenvalue weighted by molar-refractivity contribution is 4.96. The highest BCUT2D eigenvalue weighted by Crippen LogP contribution is 2.43. The zero-order valence-electron chi connectivity index (χ0n) is 13.0. The zero-order chi connectivity index (χ0) is 13.9. The van der Waals surface area contributed by atoms with Gasteiger partial charge in [0.05, 0.1) is 38.6 Å². The van der Waals surface area contributed by atoms with Gasteiger partial charge in [0, 0.05) is 10.8 Å². The fourth-order valence-corrected chi connectivity index (χ4v) is 3.57. The summed E-state index contributed by atoms with van der Waals surface area (Å²) in [5, 5.41) is 0. The maximum absolute atomic E-state index is 6.13. The Labute approximate surface area is 118 Å². The van der Waals surface area contributed by atoms with E-state index in [1.165, 1.54) is 0 Å². The maximum atomic E-state index is 6.13. The Morgan fingerprint density at radius 2 is 1.26 bits per heavy atom. The van der Waals surface area contributed by atoms with Crippen LogP contribution in [-0.4, -0.2) is 38.6 Å². The van der Waals surface area contributed by atoms with Crippen LogP contribution in [0.25, 0.3) is 0 Å². The molecule has 0 aliphatic carbocycles. The molecule has 0 aromatic rings. The van der Waals surface area contributed by atoms with Gasteiger partial charge in [0.25, 0.3) is 0 Å². The van der Waals surface area contributed by atoms with E-state index in [-0.39, 0.29) is 10.8 Å². The summed E-state index contributed by atoms with van der Waals surface area (Å²) in [6.07, 6.45) is 5.29. The quantitative estimate of drug-likeness (QED) is 0.676. The van der Waals surface area contributed by atoms with Crippen LogP contribution in [0.5, 0.6) is 0 Å². The number of ether oxygens (including phenoxy) is 3. The maximum Gasteiger partial charge on any atom is 0.0673 e. The van der Waals surface area contributed by atoms with E-state index in [2.05, 4.69) is 27.7 Å². The van der Waals surface area contributed by atoms with Crippen molar-refractivity contribution in [2.75, 3.05) is 26.4 Å². The molecule has 3 nitrogen and oxygen atoms in total. The topological polar surface area (TPSA) is 27.7 Å². The van der Waals surface area contributed by atoms with Gasteiger partial charge in [-0.3, -0.25) is 0 Å². The van der Waals surface area contributed by atoms with Crippen molar-refractivity contribution in [2.24, 2.45) is 10.8 Å². The zero-order valence-corrected chi connectivity index (χ0v) is 13.0. The van der Waals surface area contributed by atoms with Gasteiger partial charge in [0.15, 0.2) is 0 Å². The van der Waals surface area contributed by atoms with Gasteiger partial charge in [-0.25, -0.2) is 0 Å². The molecule has 3 heteroatoms. The first-order valence-electron chi connectivity index (χ1n) is 7.97. The summed E-state index contributed by atoms with van der Waals surface area (Å²) in [4.78, 5) is 0. The lowest BCUT2D eigenvalue weighted by atomic mass is 9.74. The van der Waals surface area contributed by atoms with Gasteiger partial charge in [-0.2, -0.15) is 0 Å². The third kappa shape index (κ3) is 2.57. The summed E-state index contributed by atoms with van der Waals surface area (Å²) in [6, 6.07) is 0. The Bertz CT molecular complexity index is 254. The Hall–Kier alpha value is -0.120. The fourth-order valence-electron chi connectivity index (χ4n) is 3.57. The van der Waals surface area contributed by atoms with Crippen molar-refractivity contribution in [3.8, 4) is 0 Å². The van der Waals surface area contributed by atoms with Crippen LogP contribution < -0.4 is 0 Å². The molecule has 19 heavy (non-hydrogen) atoms. The predicted molar refractivity (Wildman–Crippen MR) is 76.3 cm³/mol. The molecule has 2 aliphatic heterocycles. The van der Waals surface area contributed by atoms with Gasteiger partial charge < -0.3 is 14.2 Å². The Kier molecular flexibility index (Phi) is 4.91. The van der Waals surface area contributed by atoms with Crippen LogP contribution in [0.15, 0.2) is 0 Å². The molecule has 2 fully saturated rings. The Balaban J connectivity index is 1.82. The molecule has 0 saturated carbocycles. The fraction of sp³-hybridized carbons (Fsp3) is 1.00. The monoisotopic (exact) mass is 270 g/mol. The Morgan fingerprint density at radius 1 is 0.842 bits per heavy atom. The second-order valence-corrected chi connectivity index (χ2v) is 6.34. The van der Waals surface area contributed by atoms with E-state index in [1.807, 2.05) is 0 Å². The minimum absolute atomic E-state index is 0.274. The van der Waals surface area contributed by atoms with Crippen LogP contribution in [-0.2, 0) is 14.2 Å². The van der Waals surface area contributed by atoms with Crippen molar-refractivity contribution in [1.82, 2.24) is 0 Å². The minimum Gasteiger partial charge on any atom is -0.380 e. The Morgan fingerprint density at radius 3 is 1.47 bits per heavy atom. The lowest BCUT2D eigenvalue weighted by Gasteiger charge is -2.51. The molecule has 0 amide bonds. The molecule has 4 unspecified atom stereocenters. The standard InChI is InChI=1S/C16H30O3/c1-5-13-15(7-3,11-18-13)9-17-10-16(8-4)12-19-14(16)6-2/h13-14H,5-12H2,1-4H3. The van der Waals surface area contributed by atoms with Crippen LogP contribution in [0, 0.1) is 10.8 Å². The summed E-state index contributed by atoms with van der Waals surface area (Å²) < 4.78 is 17.5. The van der Waals surface area contributed by atoms with Gasteiger partial charge in [-0.15, -0.1) is 0 Å². The van der Waals surface area contributed by atoms with Crippen molar-refractivity contribution in [1.29, 1.82) is 0 Å². The molecular formula is C16H30O3. The normalized spacial score (nSPS) is 41.7. The third-order valence-corrected chi connectivity index (χ3v) is 5.44. The van der Waals surface area contributed by atoms with Crippen LogP contribution in [0.4, 0.5) is 0 Å². The largest absolute Gasteiger partial charge is 0.380 e. The van der Waals surface area contributed by atoms with Crippen LogP contribution in [0.3, 0.4) is 0 Å². The lowest BCUT2D eigenvalue weighted by Crippen LogP contribution is -2.57. The molecule has 2 aliphatic rings. The molecule has 0 radical (unpaired) electrons. The lowest BCUT2D eigenvalue weighted by molar-refractivity contribution is -0.244. The molecular weight excluding hydrogens is 240 g/mol. The molecule has 0 N–H and O–H groups in total. The van der Waals surface area contributed by atoms with Crippen molar-refractivity contribution < 1.29 is 14.2 Å². The SMILES string of the molecule is CCC1OCC1(CC)COCC1(CC)COC1CC. The molecule has 2 heterocycles. The van der Waals surface area contributed by atoms with E-state index in [0.29, 0.717) is 12.2 Å². The molecule has 2 rings (SSSR count). The summed E-state index contributed by atoms with van der Waals surface area (Å²) in [5.41, 5.74) is 0.548. The van der Waals surface area contributed by atoms with Gasteiger partial charge in [0.2, 0.25) is 0 Å². The summed E-state index contributed by atoms with van der Waals surface area (Å²) >= 11 is 0. The second kappa shape index (κ2) is 6.11. The number of hydrogen-bond donors (Lipinski definition) is 0. The average Bonchev–Trinajstić information content (AvgIpc) is 2.38. The van der Waals surface area contributed by atoms with E-state index in [1.54, 1.807) is 0 Å². The van der Waals surface area contributed by atoms with Crippen LogP contribution in [0.2, 0.25) is 0 Å². The van der Waals surface area contributed by atoms with Gasteiger partial charge >= 0.3 is 0 Å². The van der Waals surface area contributed by atoms with E-state index in [0.717, 1.165) is 52.1 Å². The van der Waals surface area contributed by atoms with Crippen molar-refractivity contribution in [3.05, 3.63) is 0 Å².